The van der Waals surface area contributed by atoms with Crippen LogP contribution in [-0.2, 0) is 11.3 Å². The molecule has 1 heterocycles. The molecule has 1 aromatic heterocycles. The number of benzene rings is 2. The van der Waals surface area contributed by atoms with Crippen molar-refractivity contribution in [1.82, 2.24) is 14.8 Å². The highest BCUT2D eigenvalue weighted by molar-refractivity contribution is 7.99. The van der Waals surface area contributed by atoms with E-state index in [0.29, 0.717) is 21.7 Å². The fourth-order valence-corrected chi connectivity index (χ4v) is 3.82. The van der Waals surface area contributed by atoms with Crippen LogP contribution in [0, 0.1) is 6.92 Å². The molecule has 2 aromatic carbocycles. The van der Waals surface area contributed by atoms with Crippen LogP contribution in [0.1, 0.15) is 12.5 Å². The summed E-state index contributed by atoms with van der Waals surface area (Å²) in [6.07, 6.45) is 0. The van der Waals surface area contributed by atoms with E-state index < -0.39 is 0 Å². The predicted octanol–water partition coefficient (Wildman–Crippen LogP) is 5.31. The summed E-state index contributed by atoms with van der Waals surface area (Å²) in [6, 6.07) is 12.8. The molecule has 0 bridgehead atoms. The maximum Gasteiger partial charge on any atom is 0.234 e. The molecule has 0 unspecified atom stereocenters. The molecule has 0 saturated carbocycles. The van der Waals surface area contributed by atoms with Gasteiger partial charge in [-0.1, -0.05) is 47.1 Å². The van der Waals surface area contributed by atoms with Gasteiger partial charge in [-0.05, 0) is 49.7 Å². The topological polar surface area (TPSA) is 59.8 Å². The van der Waals surface area contributed by atoms with Gasteiger partial charge < -0.3 is 9.88 Å². The minimum atomic E-state index is -0.111. The van der Waals surface area contributed by atoms with E-state index in [-0.39, 0.29) is 11.7 Å². The quantitative estimate of drug-likeness (QED) is 0.548. The van der Waals surface area contributed by atoms with E-state index in [0.717, 1.165) is 22.6 Å². The lowest BCUT2D eigenvalue weighted by atomic mass is 10.2. The largest absolute Gasteiger partial charge is 0.325 e. The number of hydrogen-bond donors (Lipinski definition) is 1. The lowest BCUT2D eigenvalue weighted by molar-refractivity contribution is -0.113. The SMILES string of the molecule is CCn1c(SCC(=O)Nc2ccc(Cl)cc2C)nnc1-c1cccc(Cl)c1. The number of nitrogens with one attached hydrogen (secondary N) is 1. The van der Waals surface area contributed by atoms with E-state index in [2.05, 4.69) is 15.5 Å². The van der Waals surface area contributed by atoms with Gasteiger partial charge in [0.25, 0.3) is 0 Å². The Morgan fingerprint density at radius 3 is 2.63 bits per heavy atom. The highest BCUT2D eigenvalue weighted by Crippen LogP contribution is 2.26. The number of nitrogens with zero attached hydrogens (tertiary/aromatic N) is 3. The molecule has 0 fully saturated rings. The number of aryl methyl sites for hydroxylation is 1. The average Bonchev–Trinajstić information content (AvgIpc) is 3.05. The number of aromatic nitrogens is 3. The summed E-state index contributed by atoms with van der Waals surface area (Å²) in [5.74, 6) is 0.854. The van der Waals surface area contributed by atoms with Crippen molar-refractivity contribution >= 4 is 46.6 Å². The molecule has 140 valence electrons. The van der Waals surface area contributed by atoms with Crippen molar-refractivity contribution in [2.24, 2.45) is 0 Å². The second-order valence-electron chi connectivity index (χ2n) is 5.86. The minimum Gasteiger partial charge on any atom is -0.325 e. The van der Waals surface area contributed by atoms with E-state index in [9.17, 15) is 4.79 Å². The summed E-state index contributed by atoms with van der Waals surface area (Å²) in [7, 11) is 0. The standard InChI is InChI=1S/C19H18Cl2N4OS/c1-3-25-18(13-5-4-6-14(20)10-13)23-24-19(25)27-11-17(26)22-16-8-7-15(21)9-12(16)2/h4-10H,3,11H2,1-2H3,(H,22,26). The molecule has 27 heavy (non-hydrogen) atoms. The van der Waals surface area contributed by atoms with Gasteiger partial charge in [-0.15, -0.1) is 10.2 Å². The Hall–Kier alpha value is -2.02. The number of hydrogen-bond acceptors (Lipinski definition) is 4. The first-order valence-corrected chi connectivity index (χ1v) is 10.1. The van der Waals surface area contributed by atoms with Gasteiger partial charge in [0.15, 0.2) is 11.0 Å². The number of amides is 1. The van der Waals surface area contributed by atoms with Gasteiger partial charge in [0.1, 0.15) is 0 Å². The smallest absolute Gasteiger partial charge is 0.234 e. The second kappa shape index (κ2) is 8.78. The lowest BCUT2D eigenvalue weighted by Crippen LogP contribution is -2.15. The molecule has 3 rings (SSSR count). The Balaban J connectivity index is 1.70. The maximum absolute atomic E-state index is 12.3. The first-order chi connectivity index (χ1) is 13.0. The van der Waals surface area contributed by atoms with Gasteiger partial charge in [0.05, 0.1) is 5.75 Å². The van der Waals surface area contributed by atoms with E-state index in [1.807, 2.05) is 48.7 Å². The van der Waals surface area contributed by atoms with Gasteiger partial charge in [0.2, 0.25) is 5.91 Å². The fraction of sp³-hybridized carbons (Fsp3) is 0.211. The molecule has 0 aliphatic heterocycles. The third-order valence-corrected chi connectivity index (χ3v) is 5.35. The molecule has 0 saturated heterocycles. The van der Waals surface area contributed by atoms with E-state index in [1.165, 1.54) is 11.8 Å². The van der Waals surface area contributed by atoms with Gasteiger partial charge in [-0.2, -0.15) is 0 Å². The van der Waals surface area contributed by atoms with E-state index in [1.54, 1.807) is 12.1 Å². The third kappa shape index (κ3) is 4.83. The third-order valence-electron chi connectivity index (χ3n) is 3.91. The Kier molecular flexibility index (Phi) is 6.42. The predicted molar refractivity (Wildman–Crippen MR) is 112 cm³/mol. The summed E-state index contributed by atoms with van der Waals surface area (Å²) < 4.78 is 1.97. The Bertz CT molecular complexity index is 974. The average molecular weight is 421 g/mol. The van der Waals surface area contributed by atoms with Crippen LogP contribution >= 0.6 is 35.0 Å². The summed E-state index contributed by atoms with van der Waals surface area (Å²) >= 11 is 13.4. The van der Waals surface area contributed by atoms with Crippen molar-refractivity contribution < 1.29 is 4.79 Å². The van der Waals surface area contributed by atoms with Crippen molar-refractivity contribution in [3.8, 4) is 11.4 Å². The number of halogens is 2. The monoisotopic (exact) mass is 420 g/mol. The molecule has 0 aliphatic carbocycles. The number of anilines is 1. The number of rotatable bonds is 6. The molecular formula is C19H18Cl2N4OS. The molecule has 0 atom stereocenters. The highest BCUT2D eigenvalue weighted by atomic mass is 35.5. The van der Waals surface area contributed by atoms with Crippen LogP contribution in [-0.4, -0.2) is 26.4 Å². The number of carbonyl (C=O) groups excluding carboxylic acids is 1. The summed E-state index contributed by atoms with van der Waals surface area (Å²) in [5.41, 5.74) is 2.56. The Morgan fingerprint density at radius 1 is 1.15 bits per heavy atom. The first kappa shape index (κ1) is 19.7. The minimum absolute atomic E-state index is 0.111. The van der Waals surface area contributed by atoms with Gasteiger partial charge in [-0.3, -0.25) is 4.79 Å². The fourth-order valence-electron chi connectivity index (χ4n) is 2.61. The van der Waals surface area contributed by atoms with Gasteiger partial charge in [-0.25, -0.2) is 0 Å². The molecule has 1 amide bonds. The molecular weight excluding hydrogens is 403 g/mol. The van der Waals surface area contributed by atoms with Crippen LogP contribution in [0.3, 0.4) is 0 Å². The van der Waals surface area contributed by atoms with E-state index in [4.69, 9.17) is 23.2 Å². The number of thioether (sulfide) groups is 1. The molecule has 0 spiro atoms. The van der Waals surface area contributed by atoms with Crippen molar-refractivity contribution in [1.29, 1.82) is 0 Å². The Morgan fingerprint density at radius 2 is 1.93 bits per heavy atom. The van der Waals surface area contributed by atoms with Crippen LogP contribution in [0.5, 0.6) is 0 Å². The Labute approximate surface area is 172 Å². The second-order valence-corrected chi connectivity index (χ2v) is 7.67. The van der Waals surface area contributed by atoms with Crippen LogP contribution < -0.4 is 5.32 Å². The molecule has 8 heteroatoms. The molecule has 1 N–H and O–H groups in total. The summed E-state index contributed by atoms with van der Waals surface area (Å²) in [4.78, 5) is 12.3. The molecule has 0 radical (unpaired) electrons. The highest BCUT2D eigenvalue weighted by Gasteiger charge is 2.15. The van der Waals surface area contributed by atoms with Crippen molar-refractivity contribution in [2.75, 3.05) is 11.1 Å². The summed E-state index contributed by atoms with van der Waals surface area (Å²) in [6.45, 7) is 4.60. The van der Waals surface area contributed by atoms with Crippen LogP contribution in [0.15, 0.2) is 47.6 Å². The molecule has 0 aliphatic rings. The van der Waals surface area contributed by atoms with Crippen molar-refractivity contribution in [3.05, 3.63) is 58.1 Å². The van der Waals surface area contributed by atoms with Gasteiger partial charge >= 0.3 is 0 Å². The summed E-state index contributed by atoms with van der Waals surface area (Å²) in [5, 5.41) is 13.4. The van der Waals surface area contributed by atoms with Crippen LogP contribution in [0.4, 0.5) is 5.69 Å². The number of carbonyl (C=O) groups is 1. The van der Waals surface area contributed by atoms with Crippen molar-refractivity contribution in [2.45, 2.75) is 25.5 Å². The van der Waals surface area contributed by atoms with Gasteiger partial charge in [0, 0.05) is 27.8 Å². The molecule has 5 nitrogen and oxygen atoms in total. The van der Waals surface area contributed by atoms with E-state index >= 15 is 0 Å². The normalized spacial score (nSPS) is 10.8. The lowest BCUT2D eigenvalue weighted by Gasteiger charge is -2.09. The van der Waals surface area contributed by atoms with Crippen LogP contribution in [0.2, 0.25) is 10.0 Å². The maximum atomic E-state index is 12.3. The zero-order valence-electron chi connectivity index (χ0n) is 14.9. The molecule has 3 aromatic rings. The zero-order chi connectivity index (χ0) is 19.4. The van der Waals surface area contributed by atoms with Crippen LogP contribution in [0.25, 0.3) is 11.4 Å². The zero-order valence-corrected chi connectivity index (χ0v) is 17.2. The first-order valence-electron chi connectivity index (χ1n) is 8.36. The van der Waals surface area contributed by atoms with Crippen molar-refractivity contribution in [3.63, 3.8) is 0 Å².